The first kappa shape index (κ1) is 16.8. The molecule has 2 fully saturated rings. The monoisotopic (exact) mass is 354 g/mol. The predicted molar refractivity (Wildman–Crippen MR) is 84.5 cm³/mol. The molecule has 3 rings (SSSR count). The van der Waals surface area contributed by atoms with Crippen LogP contribution in [-0.4, -0.2) is 67.6 Å². The van der Waals surface area contributed by atoms with Crippen molar-refractivity contribution in [1.82, 2.24) is 14.6 Å². The molecule has 3 heterocycles. The Morgan fingerprint density at radius 1 is 1.54 bits per heavy atom. The van der Waals surface area contributed by atoms with Crippen molar-refractivity contribution in [3.63, 3.8) is 0 Å². The van der Waals surface area contributed by atoms with E-state index in [0.717, 1.165) is 10.6 Å². The van der Waals surface area contributed by atoms with Gasteiger partial charge in [0.25, 0.3) is 5.91 Å². The molecule has 0 saturated carbocycles. The Kier molecular flexibility index (Phi) is 4.28. The summed E-state index contributed by atoms with van der Waals surface area (Å²) >= 11 is 0. The summed E-state index contributed by atoms with van der Waals surface area (Å²) in [5, 5.41) is 5.32. The molecule has 24 heavy (non-hydrogen) atoms. The van der Waals surface area contributed by atoms with Crippen molar-refractivity contribution in [3.05, 3.63) is 24.5 Å². The molecular formula is C14H18N4O5S. The SMILES string of the molecule is CS(=O)(=O)N1C[C@H](C(=O)Nc2cccnc2)[C@@]2(C1)OCCNC2=O. The summed E-state index contributed by atoms with van der Waals surface area (Å²) in [5.74, 6) is -1.90. The molecule has 1 aromatic heterocycles. The normalized spacial score (nSPS) is 27.9. The first-order chi connectivity index (χ1) is 11.3. The topological polar surface area (TPSA) is 118 Å². The van der Waals surface area contributed by atoms with Crippen LogP contribution in [0, 0.1) is 5.92 Å². The van der Waals surface area contributed by atoms with Crippen LogP contribution in [0.4, 0.5) is 5.69 Å². The fourth-order valence-electron chi connectivity index (χ4n) is 2.99. The Bertz CT molecular complexity index is 754. The zero-order valence-corrected chi connectivity index (χ0v) is 13.9. The Labute approximate surface area is 139 Å². The number of pyridine rings is 1. The number of nitrogens with one attached hydrogen (secondary N) is 2. The quantitative estimate of drug-likeness (QED) is 0.704. The third-order valence-electron chi connectivity index (χ3n) is 4.21. The minimum atomic E-state index is -3.56. The average molecular weight is 354 g/mol. The lowest BCUT2D eigenvalue weighted by Crippen LogP contribution is -2.61. The molecule has 2 aliphatic rings. The van der Waals surface area contributed by atoms with Crippen LogP contribution >= 0.6 is 0 Å². The number of hydrogen-bond acceptors (Lipinski definition) is 6. The third-order valence-corrected chi connectivity index (χ3v) is 5.42. The van der Waals surface area contributed by atoms with Crippen LogP contribution in [0.1, 0.15) is 0 Å². The summed E-state index contributed by atoms with van der Waals surface area (Å²) < 4.78 is 30.5. The van der Waals surface area contributed by atoms with Gasteiger partial charge in [-0.1, -0.05) is 0 Å². The van der Waals surface area contributed by atoms with E-state index in [-0.39, 0.29) is 19.7 Å². The van der Waals surface area contributed by atoms with Crippen LogP contribution < -0.4 is 10.6 Å². The van der Waals surface area contributed by atoms with Crippen molar-refractivity contribution in [2.45, 2.75) is 5.60 Å². The number of sulfonamides is 1. The maximum Gasteiger partial charge on any atom is 0.254 e. The molecule has 1 aromatic rings. The maximum atomic E-state index is 12.7. The first-order valence-corrected chi connectivity index (χ1v) is 9.26. The highest BCUT2D eigenvalue weighted by molar-refractivity contribution is 7.88. The molecule has 0 aliphatic carbocycles. The number of rotatable bonds is 3. The van der Waals surface area contributed by atoms with Crippen LogP contribution in [0.15, 0.2) is 24.5 Å². The second kappa shape index (κ2) is 6.11. The molecule has 0 aromatic carbocycles. The van der Waals surface area contributed by atoms with E-state index in [1.54, 1.807) is 18.3 Å². The van der Waals surface area contributed by atoms with Gasteiger partial charge < -0.3 is 15.4 Å². The van der Waals surface area contributed by atoms with Gasteiger partial charge in [0.2, 0.25) is 15.9 Å². The largest absolute Gasteiger partial charge is 0.361 e. The molecule has 2 atom stereocenters. The van der Waals surface area contributed by atoms with E-state index >= 15 is 0 Å². The van der Waals surface area contributed by atoms with Gasteiger partial charge in [-0.25, -0.2) is 8.42 Å². The van der Waals surface area contributed by atoms with Gasteiger partial charge in [0.15, 0.2) is 5.60 Å². The lowest BCUT2D eigenvalue weighted by atomic mass is 9.87. The molecule has 10 heteroatoms. The van der Waals surface area contributed by atoms with E-state index in [2.05, 4.69) is 15.6 Å². The van der Waals surface area contributed by atoms with E-state index in [1.807, 2.05) is 0 Å². The molecule has 130 valence electrons. The maximum absolute atomic E-state index is 12.7. The summed E-state index contributed by atoms with van der Waals surface area (Å²) in [6.45, 7) is 0.261. The molecule has 2 aliphatic heterocycles. The van der Waals surface area contributed by atoms with Gasteiger partial charge in [0.1, 0.15) is 0 Å². The summed E-state index contributed by atoms with van der Waals surface area (Å²) in [7, 11) is -3.56. The number of aromatic nitrogens is 1. The number of ether oxygens (including phenoxy) is 1. The Morgan fingerprint density at radius 3 is 2.96 bits per heavy atom. The minimum Gasteiger partial charge on any atom is -0.361 e. The molecule has 0 bridgehead atoms. The van der Waals surface area contributed by atoms with Crippen LogP contribution in [-0.2, 0) is 24.3 Å². The summed E-state index contributed by atoms with van der Waals surface area (Å²) in [5.41, 5.74) is -1.04. The highest BCUT2D eigenvalue weighted by Crippen LogP contribution is 2.35. The molecule has 1 spiro atoms. The molecule has 0 radical (unpaired) electrons. The fourth-order valence-corrected chi connectivity index (χ4v) is 3.84. The van der Waals surface area contributed by atoms with E-state index in [9.17, 15) is 18.0 Å². The van der Waals surface area contributed by atoms with Gasteiger partial charge in [-0.3, -0.25) is 14.6 Å². The molecular weight excluding hydrogens is 336 g/mol. The Hall–Kier alpha value is -2.04. The highest BCUT2D eigenvalue weighted by Gasteiger charge is 2.59. The van der Waals surface area contributed by atoms with Gasteiger partial charge in [0, 0.05) is 19.3 Å². The van der Waals surface area contributed by atoms with Crippen molar-refractivity contribution in [2.24, 2.45) is 5.92 Å². The zero-order chi connectivity index (χ0) is 17.4. The van der Waals surface area contributed by atoms with Gasteiger partial charge in [-0.15, -0.1) is 0 Å². The summed E-state index contributed by atoms with van der Waals surface area (Å²) in [6.07, 6.45) is 4.08. The number of anilines is 1. The third kappa shape index (κ3) is 2.99. The van der Waals surface area contributed by atoms with Crippen molar-refractivity contribution in [3.8, 4) is 0 Å². The first-order valence-electron chi connectivity index (χ1n) is 7.41. The Balaban J connectivity index is 1.90. The number of hydrogen-bond donors (Lipinski definition) is 2. The van der Waals surface area contributed by atoms with Crippen LogP contribution in [0.5, 0.6) is 0 Å². The van der Waals surface area contributed by atoms with E-state index in [1.165, 1.54) is 6.20 Å². The van der Waals surface area contributed by atoms with Gasteiger partial charge in [-0.2, -0.15) is 4.31 Å². The van der Waals surface area contributed by atoms with Gasteiger partial charge in [0.05, 0.1) is 37.2 Å². The van der Waals surface area contributed by atoms with Crippen molar-refractivity contribution >= 4 is 27.5 Å². The summed E-state index contributed by atoms with van der Waals surface area (Å²) in [4.78, 5) is 29.0. The number of morpholine rings is 1. The van der Waals surface area contributed by atoms with Crippen molar-refractivity contribution in [1.29, 1.82) is 0 Å². The standard InChI is InChI=1S/C14H18N4O5S/c1-24(21,22)18-8-11(12(19)17-10-3-2-4-15-7-10)14(9-18)13(20)16-5-6-23-14/h2-4,7,11H,5-6,8-9H2,1H3,(H,16,20)(H,17,19)/t11-,14-/m1/s1. The average Bonchev–Trinajstić information content (AvgIpc) is 2.92. The number of amides is 2. The number of carbonyl (C=O) groups is 2. The fraction of sp³-hybridized carbons (Fsp3) is 0.500. The highest BCUT2D eigenvalue weighted by atomic mass is 32.2. The minimum absolute atomic E-state index is 0.113. The lowest BCUT2D eigenvalue weighted by molar-refractivity contribution is -0.161. The molecule has 9 nitrogen and oxygen atoms in total. The Morgan fingerprint density at radius 2 is 2.33 bits per heavy atom. The van der Waals surface area contributed by atoms with E-state index < -0.39 is 33.4 Å². The van der Waals surface area contributed by atoms with Crippen LogP contribution in [0.25, 0.3) is 0 Å². The second-order valence-corrected chi connectivity index (χ2v) is 7.82. The van der Waals surface area contributed by atoms with E-state index in [4.69, 9.17) is 4.74 Å². The van der Waals surface area contributed by atoms with Crippen molar-refractivity contribution in [2.75, 3.05) is 37.8 Å². The number of carbonyl (C=O) groups excluding carboxylic acids is 2. The molecule has 0 unspecified atom stereocenters. The second-order valence-electron chi connectivity index (χ2n) is 5.83. The summed E-state index contributed by atoms with van der Waals surface area (Å²) in [6, 6.07) is 3.31. The van der Waals surface area contributed by atoms with Gasteiger partial charge in [-0.05, 0) is 12.1 Å². The molecule has 2 amide bonds. The van der Waals surface area contributed by atoms with Crippen LogP contribution in [0.3, 0.4) is 0 Å². The zero-order valence-electron chi connectivity index (χ0n) is 13.1. The molecule has 2 saturated heterocycles. The number of nitrogens with zero attached hydrogens (tertiary/aromatic N) is 2. The predicted octanol–water partition coefficient (Wildman–Crippen LogP) is -1.20. The van der Waals surface area contributed by atoms with E-state index in [0.29, 0.717) is 12.2 Å². The lowest BCUT2D eigenvalue weighted by Gasteiger charge is -2.36. The smallest absolute Gasteiger partial charge is 0.254 e. The molecule has 2 N–H and O–H groups in total. The van der Waals surface area contributed by atoms with Crippen LogP contribution in [0.2, 0.25) is 0 Å². The van der Waals surface area contributed by atoms with Crippen molar-refractivity contribution < 1.29 is 22.7 Å². The van der Waals surface area contributed by atoms with Gasteiger partial charge >= 0.3 is 0 Å².